The minimum absolute atomic E-state index is 0.171. The van der Waals surface area contributed by atoms with Crippen molar-refractivity contribution in [3.8, 4) is 5.75 Å². The third-order valence-electron chi connectivity index (χ3n) is 4.76. The zero-order chi connectivity index (χ0) is 22.8. The van der Waals surface area contributed by atoms with Crippen LogP contribution < -0.4 is 20.3 Å². The average Bonchev–Trinajstić information content (AvgIpc) is 2.69. The van der Waals surface area contributed by atoms with Gasteiger partial charge in [0.15, 0.2) is 5.60 Å². The van der Waals surface area contributed by atoms with Crippen molar-refractivity contribution in [2.75, 3.05) is 11.4 Å². The standard InChI is InChI=1S/C24H29N3O4/c1-23(2,3)26-21(29)17-11-12-19-18(13-17)27(22(30)24(4,5)31-19)15-20(28)25-14-16-9-7-6-8-10-16/h6-13H,14-15H2,1-5H3,(H,25,28)(H,26,29). The highest BCUT2D eigenvalue weighted by Gasteiger charge is 2.41. The molecule has 3 rings (SSSR count). The van der Waals surface area contributed by atoms with Crippen molar-refractivity contribution in [1.82, 2.24) is 10.6 Å². The summed E-state index contributed by atoms with van der Waals surface area (Å²) in [7, 11) is 0. The maximum absolute atomic E-state index is 13.0. The minimum atomic E-state index is -1.12. The van der Waals surface area contributed by atoms with Crippen LogP contribution in [-0.4, -0.2) is 35.4 Å². The molecule has 2 aromatic carbocycles. The number of hydrogen-bond donors (Lipinski definition) is 2. The van der Waals surface area contributed by atoms with Gasteiger partial charge in [0.25, 0.3) is 11.8 Å². The average molecular weight is 424 g/mol. The summed E-state index contributed by atoms with van der Waals surface area (Å²) < 4.78 is 5.85. The van der Waals surface area contributed by atoms with E-state index in [9.17, 15) is 14.4 Å². The number of anilines is 1. The smallest absolute Gasteiger partial charge is 0.271 e. The first kappa shape index (κ1) is 22.3. The van der Waals surface area contributed by atoms with Gasteiger partial charge in [0.1, 0.15) is 12.3 Å². The van der Waals surface area contributed by atoms with Crippen LogP contribution in [0.3, 0.4) is 0 Å². The largest absolute Gasteiger partial charge is 0.476 e. The molecule has 2 aromatic rings. The highest BCUT2D eigenvalue weighted by Crippen LogP contribution is 2.38. The second-order valence-corrected chi connectivity index (χ2v) is 9.15. The minimum Gasteiger partial charge on any atom is -0.476 e. The molecule has 7 nitrogen and oxygen atoms in total. The van der Waals surface area contributed by atoms with Gasteiger partial charge in [0.05, 0.1) is 5.69 Å². The first-order chi connectivity index (χ1) is 14.5. The van der Waals surface area contributed by atoms with Gasteiger partial charge >= 0.3 is 0 Å². The Bertz CT molecular complexity index is 994. The lowest BCUT2D eigenvalue weighted by atomic mass is 10.0. The molecule has 7 heteroatoms. The maximum Gasteiger partial charge on any atom is 0.271 e. The van der Waals surface area contributed by atoms with Gasteiger partial charge in [-0.1, -0.05) is 30.3 Å². The predicted molar refractivity (Wildman–Crippen MR) is 119 cm³/mol. The van der Waals surface area contributed by atoms with Gasteiger partial charge < -0.3 is 15.4 Å². The molecule has 0 radical (unpaired) electrons. The van der Waals surface area contributed by atoms with E-state index in [0.717, 1.165) is 5.56 Å². The van der Waals surface area contributed by atoms with E-state index < -0.39 is 11.1 Å². The second kappa shape index (κ2) is 8.41. The van der Waals surface area contributed by atoms with E-state index in [0.29, 0.717) is 23.5 Å². The van der Waals surface area contributed by atoms with Crippen LogP contribution in [-0.2, 0) is 16.1 Å². The number of hydrogen-bond acceptors (Lipinski definition) is 4. The zero-order valence-corrected chi connectivity index (χ0v) is 18.6. The Balaban J connectivity index is 1.83. The summed E-state index contributed by atoms with van der Waals surface area (Å²) in [6, 6.07) is 14.4. The first-order valence-corrected chi connectivity index (χ1v) is 10.2. The Kier molecular flexibility index (Phi) is 6.06. The molecule has 2 N–H and O–H groups in total. The molecule has 0 unspecified atom stereocenters. The molecular formula is C24H29N3O4. The molecule has 1 aliphatic rings. The van der Waals surface area contributed by atoms with Gasteiger partial charge in [-0.25, -0.2) is 0 Å². The molecular weight excluding hydrogens is 394 g/mol. The quantitative estimate of drug-likeness (QED) is 0.774. The topological polar surface area (TPSA) is 87.7 Å². The van der Waals surface area contributed by atoms with Gasteiger partial charge in [-0.05, 0) is 58.4 Å². The van der Waals surface area contributed by atoms with Crippen molar-refractivity contribution in [1.29, 1.82) is 0 Å². The van der Waals surface area contributed by atoms with E-state index in [2.05, 4.69) is 10.6 Å². The lowest BCUT2D eigenvalue weighted by Crippen LogP contribution is -2.55. The van der Waals surface area contributed by atoms with E-state index >= 15 is 0 Å². The number of amides is 3. The molecule has 0 spiro atoms. The SMILES string of the molecule is CC(C)(C)NC(=O)c1ccc2c(c1)N(CC(=O)NCc1ccccc1)C(=O)C(C)(C)O2. The fraction of sp³-hybridized carbons (Fsp3) is 0.375. The molecule has 0 fully saturated rings. The van der Waals surface area contributed by atoms with Gasteiger partial charge in [-0.3, -0.25) is 19.3 Å². The molecule has 31 heavy (non-hydrogen) atoms. The number of benzene rings is 2. The monoisotopic (exact) mass is 423 g/mol. The molecule has 1 aliphatic heterocycles. The van der Waals surface area contributed by atoms with Gasteiger partial charge in [0, 0.05) is 17.6 Å². The third kappa shape index (κ3) is 5.42. The van der Waals surface area contributed by atoms with Crippen molar-refractivity contribution >= 4 is 23.4 Å². The van der Waals surface area contributed by atoms with Crippen LogP contribution in [0.4, 0.5) is 5.69 Å². The number of nitrogens with one attached hydrogen (secondary N) is 2. The van der Waals surface area contributed by atoms with E-state index in [4.69, 9.17) is 4.74 Å². The fourth-order valence-corrected chi connectivity index (χ4v) is 3.27. The van der Waals surface area contributed by atoms with Crippen LogP contribution in [0.1, 0.15) is 50.5 Å². The fourth-order valence-electron chi connectivity index (χ4n) is 3.27. The number of carbonyl (C=O) groups excluding carboxylic acids is 3. The molecule has 3 amide bonds. The van der Waals surface area contributed by atoms with Crippen LogP contribution in [0, 0.1) is 0 Å². The van der Waals surface area contributed by atoms with E-state index in [1.54, 1.807) is 32.0 Å². The molecule has 0 atom stereocenters. The first-order valence-electron chi connectivity index (χ1n) is 10.2. The Hall–Kier alpha value is -3.35. The van der Waals surface area contributed by atoms with Crippen molar-refractivity contribution in [3.63, 3.8) is 0 Å². The molecule has 0 bridgehead atoms. The predicted octanol–water partition coefficient (Wildman–Crippen LogP) is 3.04. The lowest BCUT2D eigenvalue weighted by molar-refractivity contribution is -0.134. The van der Waals surface area contributed by atoms with Gasteiger partial charge in [0.2, 0.25) is 5.91 Å². The summed E-state index contributed by atoms with van der Waals surface area (Å²) in [4.78, 5) is 39.7. The van der Waals surface area contributed by atoms with Crippen molar-refractivity contribution in [2.24, 2.45) is 0 Å². The Morgan fingerprint density at radius 1 is 1.06 bits per heavy atom. The number of carbonyl (C=O) groups is 3. The van der Waals surface area contributed by atoms with Crippen molar-refractivity contribution in [2.45, 2.75) is 52.3 Å². The number of nitrogens with zero attached hydrogens (tertiary/aromatic N) is 1. The van der Waals surface area contributed by atoms with Crippen LogP contribution in [0.25, 0.3) is 0 Å². The van der Waals surface area contributed by atoms with Crippen LogP contribution in [0.2, 0.25) is 0 Å². The summed E-state index contributed by atoms with van der Waals surface area (Å²) in [5, 5.41) is 5.74. The summed E-state index contributed by atoms with van der Waals surface area (Å²) in [5.41, 5.74) is 0.228. The number of rotatable bonds is 5. The second-order valence-electron chi connectivity index (χ2n) is 9.15. The van der Waals surface area contributed by atoms with Crippen LogP contribution >= 0.6 is 0 Å². The molecule has 164 valence electrons. The highest BCUT2D eigenvalue weighted by atomic mass is 16.5. The highest BCUT2D eigenvalue weighted by molar-refractivity contribution is 6.07. The zero-order valence-electron chi connectivity index (χ0n) is 18.6. The van der Waals surface area contributed by atoms with E-state index in [-0.39, 0.29) is 24.3 Å². The molecule has 0 aromatic heterocycles. The molecule has 0 aliphatic carbocycles. The molecule has 0 saturated heterocycles. The van der Waals surface area contributed by atoms with E-state index in [1.807, 2.05) is 51.1 Å². The van der Waals surface area contributed by atoms with Crippen molar-refractivity contribution in [3.05, 3.63) is 59.7 Å². The molecule has 0 saturated carbocycles. The van der Waals surface area contributed by atoms with Gasteiger partial charge in [-0.2, -0.15) is 0 Å². The Morgan fingerprint density at radius 2 is 1.74 bits per heavy atom. The van der Waals surface area contributed by atoms with Gasteiger partial charge in [-0.15, -0.1) is 0 Å². The molecule has 1 heterocycles. The van der Waals surface area contributed by atoms with E-state index in [1.165, 1.54) is 4.90 Å². The summed E-state index contributed by atoms with van der Waals surface area (Å²) in [5.74, 6) is -0.456. The Labute approximate surface area is 182 Å². The van der Waals surface area contributed by atoms with Crippen LogP contribution in [0.15, 0.2) is 48.5 Å². The normalized spacial score (nSPS) is 15.0. The maximum atomic E-state index is 13.0. The third-order valence-corrected chi connectivity index (χ3v) is 4.76. The summed E-state index contributed by atoms with van der Waals surface area (Å²) in [6.07, 6.45) is 0. The Morgan fingerprint density at radius 3 is 2.39 bits per heavy atom. The summed E-state index contributed by atoms with van der Waals surface area (Å²) in [6.45, 7) is 9.19. The lowest BCUT2D eigenvalue weighted by Gasteiger charge is -2.38. The number of ether oxygens (including phenoxy) is 1. The number of fused-ring (bicyclic) bond motifs is 1. The van der Waals surface area contributed by atoms with Crippen molar-refractivity contribution < 1.29 is 19.1 Å². The van der Waals surface area contributed by atoms with Crippen LogP contribution in [0.5, 0.6) is 5.75 Å². The summed E-state index contributed by atoms with van der Waals surface area (Å²) >= 11 is 0.